The van der Waals surface area contributed by atoms with Crippen LogP contribution in [0.4, 0.5) is 5.95 Å². The maximum absolute atomic E-state index is 11.3. The summed E-state index contributed by atoms with van der Waals surface area (Å²) >= 11 is 1.29. The lowest BCUT2D eigenvalue weighted by Gasteiger charge is -2.08. The third-order valence-corrected chi connectivity index (χ3v) is 3.88. The standard InChI is InChI=1S/C7H12N4O2S2/c1-4(15(3,12)13)5-9-6(8)11-7(10-5)14-2/h4H,1-3H3,(H2,8,9,10,11). The maximum atomic E-state index is 11.3. The summed E-state index contributed by atoms with van der Waals surface area (Å²) in [7, 11) is -3.22. The molecule has 0 radical (unpaired) electrons. The number of hydrogen-bond donors (Lipinski definition) is 1. The molecule has 0 fully saturated rings. The number of anilines is 1. The van der Waals surface area contributed by atoms with E-state index in [9.17, 15) is 8.42 Å². The summed E-state index contributed by atoms with van der Waals surface area (Å²) in [6, 6.07) is 0. The number of hydrogen-bond acceptors (Lipinski definition) is 7. The highest BCUT2D eigenvalue weighted by Gasteiger charge is 2.21. The van der Waals surface area contributed by atoms with E-state index in [0.29, 0.717) is 5.16 Å². The topological polar surface area (TPSA) is 98.8 Å². The Bertz CT molecular complexity index is 460. The first-order valence-corrected chi connectivity index (χ1v) is 7.27. The second-order valence-corrected chi connectivity index (χ2v) is 6.15. The molecule has 1 aromatic heterocycles. The van der Waals surface area contributed by atoms with Crippen LogP contribution in [-0.2, 0) is 9.84 Å². The van der Waals surface area contributed by atoms with Crippen molar-refractivity contribution in [2.45, 2.75) is 17.3 Å². The van der Waals surface area contributed by atoms with Crippen molar-refractivity contribution in [3.63, 3.8) is 0 Å². The summed E-state index contributed by atoms with van der Waals surface area (Å²) in [4.78, 5) is 11.7. The van der Waals surface area contributed by atoms with Crippen molar-refractivity contribution in [2.75, 3.05) is 18.2 Å². The van der Waals surface area contributed by atoms with E-state index < -0.39 is 15.1 Å². The predicted molar refractivity (Wildman–Crippen MR) is 59.3 cm³/mol. The molecule has 0 saturated carbocycles. The van der Waals surface area contributed by atoms with Gasteiger partial charge in [-0.3, -0.25) is 0 Å². The van der Waals surface area contributed by atoms with Gasteiger partial charge in [0.1, 0.15) is 5.25 Å². The van der Waals surface area contributed by atoms with Gasteiger partial charge in [-0.1, -0.05) is 11.8 Å². The zero-order valence-electron chi connectivity index (χ0n) is 8.63. The normalized spacial score (nSPS) is 13.8. The van der Waals surface area contributed by atoms with Gasteiger partial charge in [0.2, 0.25) is 5.95 Å². The Labute approximate surface area is 92.6 Å². The number of nitrogens with zero attached hydrogens (tertiary/aromatic N) is 3. The van der Waals surface area contributed by atoms with Gasteiger partial charge in [-0.15, -0.1) is 0 Å². The molecule has 1 atom stereocenters. The second-order valence-electron chi connectivity index (χ2n) is 3.01. The smallest absolute Gasteiger partial charge is 0.224 e. The minimum absolute atomic E-state index is 0.0415. The summed E-state index contributed by atoms with van der Waals surface area (Å²) in [5.74, 6) is 0.231. The first kappa shape index (κ1) is 12.2. The van der Waals surface area contributed by atoms with E-state index in [0.717, 1.165) is 6.26 Å². The van der Waals surface area contributed by atoms with Crippen LogP contribution in [0, 0.1) is 0 Å². The molecule has 2 N–H and O–H groups in total. The van der Waals surface area contributed by atoms with Crippen LogP contribution >= 0.6 is 11.8 Å². The van der Waals surface area contributed by atoms with Crippen molar-refractivity contribution in [1.29, 1.82) is 0 Å². The van der Waals surface area contributed by atoms with Gasteiger partial charge in [0, 0.05) is 6.26 Å². The van der Waals surface area contributed by atoms with E-state index in [2.05, 4.69) is 15.0 Å². The minimum Gasteiger partial charge on any atom is -0.368 e. The molecule has 1 rings (SSSR count). The van der Waals surface area contributed by atoms with Crippen molar-refractivity contribution in [2.24, 2.45) is 0 Å². The summed E-state index contributed by atoms with van der Waals surface area (Å²) in [6.07, 6.45) is 2.92. The highest BCUT2D eigenvalue weighted by molar-refractivity contribution is 7.98. The van der Waals surface area contributed by atoms with Crippen LogP contribution in [0.5, 0.6) is 0 Å². The maximum Gasteiger partial charge on any atom is 0.224 e. The number of nitrogen functional groups attached to an aromatic ring is 1. The highest BCUT2D eigenvalue weighted by Crippen LogP contribution is 2.19. The number of thioether (sulfide) groups is 1. The van der Waals surface area contributed by atoms with Crippen LogP contribution in [0.1, 0.15) is 18.0 Å². The van der Waals surface area contributed by atoms with Crippen LogP contribution in [0.25, 0.3) is 0 Å². The molecule has 1 unspecified atom stereocenters. The zero-order chi connectivity index (χ0) is 11.6. The lowest BCUT2D eigenvalue weighted by atomic mass is 10.4. The fourth-order valence-electron chi connectivity index (χ4n) is 0.853. The van der Waals surface area contributed by atoms with Gasteiger partial charge in [0.25, 0.3) is 0 Å². The molecule has 0 aromatic carbocycles. The van der Waals surface area contributed by atoms with Crippen molar-refractivity contribution in [3.8, 4) is 0 Å². The molecule has 0 amide bonds. The lowest BCUT2D eigenvalue weighted by molar-refractivity contribution is 0.588. The molecule has 0 aliphatic heterocycles. The average molecular weight is 248 g/mol. The Morgan fingerprint density at radius 2 is 1.93 bits per heavy atom. The Morgan fingerprint density at radius 3 is 2.40 bits per heavy atom. The largest absolute Gasteiger partial charge is 0.368 e. The molecular formula is C7H12N4O2S2. The van der Waals surface area contributed by atoms with Crippen molar-refractivity contribution in [3.05, 3.63) is 5.82 Å². The van der Waals surface area contributed by atoms with E-state index in [1.807, 2.05) is 0 Å². The molecule has 84 valence electrons. The van der Waals surface area contributed by atoms with Crippen LogP contribution in [-0.4, -0.2) is 35.9 Å². The van der Waals surface area contributed by atoms with Gasteiger partial charge in [-0.25, -0.2) is 13.4 Å². The van der Waals surface area contributed by atoms with Gasteiger partial charge in [0.15, 0.2) is 20.8 Å². The molecule has 0 aliphatic carbocycles. The van der Waals surface area contributed by atoms with E-state index in [-0.39, 0.29) is 11.8 Å². The molecule has 0 bridgehead atoms. The predicted octanol–water partition coefficient (Wildman–Crippen LogP) is 0.281. The Balaban J connectivity index is 3.20. The zero-order valence-corrected chi connectivity index (χ0v) is 10.3. The quantitative estimate of drug-likeness (QED) is 0.767. The Hall–Kier alpha value is -0.890. The molecule has 8 heteroatoms. The Morgan fingerprint density at radius 1 is 1.33 bits per heavy atom. The van der Waals surface area contributed by atoms with Gasteiger partial charge in [-0.05, 0) is 13.2 Å². The SMILES string of the molecule is CSc1nc(N)nc(C(C)S(C)(=O)=O)n1. The monoisotopic (exact) mass is 248 g/mol. The van der Waals surface area contributed by atoms with Gasteiger partial charge >= 0.3 is 0 Å². The molecular weight excluding hydrogens is 236 g/mol. The van der Waals surface area contributed by atoms with Crippen LogP contribution < -0.4 is 5.73 Å². The molecule has 0 spiro atoms. The highest BCUT2D eigenvalue weighted by atomic mass is 32.2. The minimum atomic E-state index is -3.22. The second kappa shape index (κ2) is 4.31. The summed E-state index contributed by atoms with van der Waals surface area (Å²) < 4.78 is 22.6. The molecule has 0 saturated heterocycles. The third kappa shape index (κ3) is 3.03. The third-order valence-electron chi connectivity index (χ3n) is 1.84. The summed E-state index contributed by atoms with van der Waals surface area (Å²) in [6.45, 7) is 1.52. The van der Waals surface area contributed by atoms with E-state index in [1.54, 1.807) is 6.26 Å². The number of rotatable bonds is 3. The fourth-order valence-corrected chi connectivity index (χ4v) is 1.71. The van der Waals surface area contributed by atoms with Crippen LogP contribution in [0.2, 0.25) is 0 Å². The molecule has 1 heterocycles. The molecule has 1 aromatic rings. The van der Waals surface area contributed by atoms with Gasteiger partial charge in [0.05, 0.1) is 0 Å². The first-order chi connectivity index (χ1) is 6.84. The number of nitrogens with two attached hydrogens (primary N) is 1. The fraction of sp³-hybridized carbons (Fsp3) is 0.571. The number of aromatic nitrogens is 3. The van der Waals surface area contributed by atoms with E-state index >= 15 is 0 Å². The van der Waals surface area contributed by atoms with Crippen molar-refractivity contribution < 1.29 is 8.42 Å². The summed E-state index contributed by atoms with van der Waals surface area (Å²) in [5.41, 5.74) is 5.45. The van der Waals surface area contributed by atoms with Gasteiger partial charge < -0.3 is 5.73 Å². The molecule has 15 heavy (non-hydrogen) atoms. The van der Waals surface area contributed by atoms with Crippen LogP contribution in [0.15, 0.2) is 5.16 Å². The molecule has 0 aliphatic rings. The molecule has 6 nitrogen and oxygen atoms in total. The summed E-state index contributed by atoms with van der Waals surface area (Å²) in [5, 5.41) is -0.346. The van der Waals surface area contributed by atoms with Crippen LogP contribution in [0.3, 0.4) is 0 Å². The van der Waals surface area contributed by atoms with E-state index in [1.165, 1.54) is 18.7 Å². The number of sulfone groups is 1. The average Bonchev–Trinajstić information content (AvgIpc) is 2.14. The Kier molecular flexibility index (Phi) is 3.50. The van der Waals surface area contributed by atoms with E-state index in [4.69, 9.17) is 5.73 Å². The van der Waals surface area contributed by atoms with Gasteiger partial charge in [-0.2, -0.15) is 9.97 Å². The van der Waals surface area contributed by atoms with Crippen molar-refractivity contribution >= 4 is 27.5 Å². The first-order valence-electron chi connectivity index (χ1n) is 4.09. The lowest BCUT2D eigenvalue weighted by Crippen LogP contribution is -2.14. The van der Waals surface area contributed by atoms with Crippen molar-refractivity contribution in [1.82, 2.24) is 15.0 Å².